The lowest BCUT2D eigenvalue weighted by Crippen LogP contribution is -2.39. The fourth-order valence-corrected chi connectivity index (χ4v) is 4.70. The van der Waals surface area contributed by atoms with Crippen LogP contribution in [0.3, 0.4) is 0 Å². The van der Waals surface area contributed by atoms with E-state index >= 15 is 0 Å². The number of carbonyl (C=O) groups is 1. The van der Waals surface area contributed by atoms with E-state index in [0.29, 0.717) is 0 Å². The molecule has 2 unspecified atom stereocenters. The summed E-state index contributed by atoms with van der Waals surface area (Å²) in [6, 6.07) is 4.77. The van der Waals surface area contributed by atoms with Gasteiger partial charge in [-0.15, -0.1) is 0 Å². The first-order valence-corrected chi connectivity index (χ1v) is 9.79. The van der Waals surface area contributed by atoms with Gasteiger partial charge in [-0.1, -0.05) is 12.7 Å². The number of thiophene rings is 1. The zero-order valence-corrected chi connectivity index (χ0v) is 15.0. The van der Waals surface area contributed by atoms with Crippen LogP contribution in [0.4, 0.5) is 5.69 Å². The largest absolute Gasteiger partial charge is 0.365 e. The fraction of sp³-hybridized carbons (Fsp3) is 0.350. The highest BCUT2D eigenvalue weighted by Crippen LogP contribution is 2.41. The third-order valence-corrected chi connectivity index (χ3v) is 5.85. The van der Waals surface area contributed by atoms with Gasteiger partial charge in [0, 0.05) is 42.0 Å². The highest BCUT2D eigenvalue weighted by atomic mass is 32.1. The molecule has 1 amide bonds. The van der Waals surface area contributed by atoms with Crippen LogP contribution in [0.15, 0.2) is 53.4 Å². The Balaban J connectivity index is 1.69. The number of aromatic nitrogens is 1. The second kappa shape index (κ2) is 6.92. The third kappa shape index (κ3) is 3.16. The van der Waals surface area contributed by atoms with Gasteiger partial charge in [-0.2, -0.15) is 11.3 Å². The predicted octanol–water partition coefficient (Wildman–Crippen LogP) is 3.96. The number of hydrogen-bond donors (Lipinski definition) is 2. The molecule has 4 rings (SSSR count). The minimum Gasteiger partial charge on any atom is -0.365 e. The summed E-state index contributed by atoms with van der Waals surface area (Å²) in [5, 5.41) is 7.41. The summed E-state index contributed by atoms with van der Waals surface area (Å²) in [6.07, 6.45) is 9.89. The molecule has 2 aliphatic rings. The van der Waals surface area contributed by atoms with Gasteiger partial charge in [-0.25, -0.2) is 0 Å². The second-order valence-electron chi connectivity index (χ2n) is 6.69. The molecule has 4 nitrogen and oxygen atoms in total. The van der Waals surface area contributed by atoms with Crippen LogP contribution in [0.1, 0.15) is 36.6 Å². The summed E-state index contributed by atoms with van der Waals surface area (Å²) in [5.74, 6) is -0.0943. The molecule has 3 heterocycles. The Kier molecular flexibility index (Phi) is 4.49. The van der Waals surface area contributed by atoms with Gasteiger partial charge in [0.2, 0.25) is 5.91 Å². The Morgan fingerprint density at radius 3 is 3.12 bits per heavy atom. The number of carbonyl (C=O) groups excluding carboxylic acids is 1. The van der Waals surface area contributed by atoms with Crippen molar-refractivity contribution in [1.82, 2.24) is 10.3 Å². The quantitative estimate of drug-likeness (QED) is 0.646. The van der Waals surface area contributed by atoms with Crippen molar-refractivity contribution < 1.29 is 4.79 Å². The van der Waals surface area contributed by atoms with E-state index in [9.17, 15) is 4.79 Å². The first-order chi connectivity index (χ1) is 12.3. The Bertz CT molecular complexity index is 790. The van der Waals surface area contributed by atoms with Crippen molar-refractivity contribution >= 4 is 22.9 Å². The van der Waals surface area contributed by atoms with E-state index in [4.69, 9.17) is 0 Å². The number of hydrogen-bond acceptors (Lipinski definition) is 3. The third-order valence-electron chi connectivity index (χ3n) is 5.18. The monoisotopic (exact) mass is 353 g/mol. The minimum absolute atomic E-state index is 0.0943. The smallest absolute Gasteiger partial charge is 0.243 e. The second-order valence-corrected chi connectivity index (χ2v) is 7.47. The average molecular weight is 353 g/mol. The summed E-state index contributed by atoms with van der Waals surface area (Å²) < 4.78 is 0. The number of nitrogens with zero attached hydrogens (tertiary/aromatic N) is 1. The van der Waals surface area contributed by atoms with Crippen molar-refractivity contribution in [2.45, 2.75) is 37.8 Å². The highest BCUT2D eigenvalue weighted by Gasteiger charge is 2.32. The fourth-order valence-electron chi connectivity index (χ4n) is 4.05. The summed E-state index contributed by atoms with van der Waals surface area (Å²) in [4.78, 5) is 17.6. The maximum Gasteiger partial charge on any atom is 0.243 e. The maximum absolute atomic E-state index is 11.7. The van der Waals surface area contributed by atoms with E-state index in [0.717, 1.165) is 32.2 Å². The number of rotatable bonds is 4. The lowest BCUT2D eigenvalue weighted by molar-refractivity contribution is -0.116. The van der Waals surface area contributed by atoms with Gasteiger partial charge in [0.15, 0.2) is 0 Å². The van der Waals surface area contributed by atoms with Crippen LogP contribution in [0, 0.1) is 0 Å². The van der Waals surface area contributed by atoms with Gasteiger partial charge in [0.1, 0.15) is 0 Å². The van der Waals surface area contributed by atoms with Gasteiger partial charge < -0.3 is 15.2 Å². The Hall–Kier alpha value is -2.27. The van der Waals surface area contributed by atoms with Crippen LogP contribution < -0.4 is 10.2 Å². The van der Waals surface area contributed by atoms with E-state index < -0.39 is 0 Å². The average Bonchev–Trinajstić information content (AvgIpc) is 3.32. The molecule has 2 aromatic heterocycles. The molecular formula is C20H23N3OS. The normalized spacial score (nSPS) is 22.9. The van der Waals surface area contributed by atoms with E-state index in [1.807, 2.05) is 0 Å². The number of fused-ring (bicyclic) bond motifs is 1. The predicted molar refractivity (Wildman–Crippen MR) is 103 cm³/mol. The summed E-state index contributed by atoms with van der Waals surface area (Å²) in [6.45, 7) is 4.57. The molecule has 0 aromatic carbocycles. The molecule has 2 atom stereocenters. The van der Waals surface area contributed by atoms with E-state index in [2.05, 4.69) is 56.9 Å². The lowest BCUT2D eigenvalue weighted by Gasteiger charge is -2.40. The molecule has 130 valence electrons. The molecule has 2 aromatic rings. The van der Waals surface area contributed by atoms with Crippen LogP contribution in [0.2, 0.25) is 0 Å². The molecule has 0 saturated heterocycles. The SMILES string of the molecule is C=CC(=O)NC1C=C(C2c3cc[nH]c3CCN2c2ccsc2)CCC1. The standard InChI is InChI=1S/C20H23N3OS/c1-2-19(24)22-15-5-3-4-14(12-15)20-17-6-9-21-18(17)7-10-23(20)16-8-11-25-13-16/h2,6,8-9,11-13,15,20-21H,1,3-5,7,10H2,(H,22,24). The van der Waals surface area contributed by atoms with Gasteiger partial charge in [0.05, 0.1) is 6.04 Å². The number of nitrogens with one attached hydrogen (secondary N) is 2. The molecule has 0 saturated carbocycles. The Morgan fingerprint density at radius 2 is 2.32 bits per heavy atom. The molecule has 0 fully saturated rings. The number of amides is 1. The van der Waals surface area contributed by atoms with Crippen molar-refractivity contribution in [2.75, 3.05) is 11.4 Å². The molecular weight excluding hydrogens is 330 g/mol. The zero-order chi connectivity index (χ0) is 17.2. The number of anilines is 1. The summed E-state index contributed by atoms with van der Waals surface area (Å²) in [5.41, 5.74) is 5.42. The first-order valence-electron chi connectivity index (χ1n) is 8.85. The van der Waals surface area contributed by atoms with Gasteiger partial charge in [-0.3, -0.25) is 4.79 Å². The topological polar surface area (TPSA) is 48.1 Å². The van der Waals surface area contributed by atoms with E-state index in [1.165, 1.54) is 28.6 Å². The van der Waals surface area contributed by atoms with Crippen molar-refractivity contribution in [3.63, 3.8) is 0 Å². The molecule has 1 aliphatic heterocycles. The summed E-state index contributed by atoms with van der Waals surface area (Å²) >= 11 is 1.74. The molecule has 0 radical (unpaired) electrons. The molecule has 0 spiro atoms. The number of H-pyrrole nitrogens is 1. The van der Waals surface area contributed by atoms with Crippen LogP contribution in [0.5, 0.6) is 0 Å². The first kappa shape index (κ1) is 16.2. The van der Waals surface area contributed by atoms with Crippen molar-refractivity contribution in [1.29, 1.82) is 0 Å². The molecule has 1 aliphatic carbocycles. The molecule has 5 heteroatoms. The van der Waals surface area contributed by atoms with Crippen LogP contribution in [-0.2, 0) is 11.2 Å². The molecule has 0 bridgehead atoms. The summed E-state index contributed by atoms with van der Waals surface area (Å²) in [7, 11) is 0. The molecule has 2 N–H and O–H groups in total. The van der Waals surface area contributed by atoms with Crippen LogP contribution in [-0.4, -0.2) is 23.5 Å². The number of aromatic amines is 1. The molecule has 25 heavy (non-hydrogen) atoms. The van der Waals surface area contributed by atoms with Gasteiger partial charge >= 0.3 is 0 Å². The van der Waals surface area contributed by atoms with Gasteiger partial charge in [0.25, 0.3) is 0 Å². The minimum atomic E-state index is -0.0943. The van der Waals surface area contributed by atoms with Crippen molar-refractivity contribution in [3.8, 4) is 0 Å². The van der Waals surface area contributed by atoms with Crippen LogP contribution in [0.25, 0.3) is 0 Å². The van der Waals surface area contributed by atoms with Gasteiger partial charge in [-0.05, 0) is 54.0 Å². The van der Waals surface area contributed by atoms with Crippen molar-refractivity contribution in [3.05, 3.63) is 64.7 Å². The Morgan fingerprint density at radius 1 is 1.40 bits per heavy atom. The lowest BCUT2D eigenvalue weighted by atomic mass is 9.84. The van der Waals surface area contributed by atoms with Crippen molar-refractivity contribution in [2.24, 2.45) is 0 Å². The maximum atomic E-state index is 11.7. The van der Waals surface area contributed by atoms with E-state index in [1.54, 1.807) is 11.3 Å². The highest BCUT2D eigenvalue weighted by molar-refractivity contribution is 7.08. The van der Waals surface area contributed by atoms with Crippen LogP contribution >= 0.6 is 11.3 Å². The zero-order valence-electron chi connectivity index (χ0n) is 14.2. The van der Waals surface area contributed by atoms with E-state index in [-0.39, 0.29) is 18.0 Å². The Labute approximate surface area is 152 Å².